The lowest BCUT2D eigenvalue weighted by molar-refractivity contribution is 0.111. The SMILES string of the molecule is O=C(NCC1CCCO1)NCC(O)c1ccccc1F. The van der Waals surface area contributed by atoms with Crippen molar-refractivity contribution in [2.24, 2.45) is 0 Å². The number of aliphatic hydroxyl groups excluding tert-OH is 1. The maximum absolute atomic E-state index is 13.4. The van der Waals surface area contributed by atoms with E-state index in [0.717, 1.165) is 19.4 Å². The van der Waals surface area contributed by atoms with Crippen molar-refractivity contribution in [1.82, 2.24) is 10.6 Å². The second kappa shape index (κ2) is 7.21. The summed E-state index contributed by atoms with van der Waals surface area (Å²) in [5.74, 6) is -0.485. The van der Waals surface area contributed by atoms with Gasteiger partial charge < -0.3 is 20.5 Å². The van der Waals surface area contributed by atoms with Crippen molar-refractivity contribution in [3.8, 4) is 0 Å². The zero-order chi connectivity index (χ0) is 14.4. The van der Waals surface area contributed by atoms with Gasteiger partial charge in [0.25, 0.3) is 0 Å². The van der Waals surface area contributed by atoms with Crippen molar-refractivity contribution in [3.05, 3.63) is 35.6 Å². The molecule has 0 radical (unpaired) electrons. The van der Waals surface area contributed by atoms with Crippen LogP contribution in [0.1, 0.15) is 24.5 Å². The second-order valence-corrected chi connectivity index (χ2v) is 4.76. The predicted octanol–water partition coefficient (Wildman–Crippen LogP) is 1.34. The number of hydrogen-bond donors (Lipinski definition) is 3. The van der Waals surface area contributed by atoms with Crippen LogP contribution in [-0.4, -0.2) is 36.9 Å². The van der Waals surface area contributed by atoms with Gasteiger partial charge in [0.1, 0.15) is 5.82 Å². The average molecular weight is 282 g/mol. The Bertz CT molecular complexity index is 450. The molecule has 0 bridgehead atoms. The Morgan fingerprint density at radius 3 is 2.95 bits per heavy atom. The van der Waals surface area contributed by atoms with E-state index in [2.05, 4.69) is 10.6 Å². The monoisotopic (exact) mass is 282 g/mol. The first-order chi connectivity index (χ1) is 9.66. The molecule has 2 atom stereocenters. The lowest BCUT2D eigenvalue weighted by Crippen LogP contribution is -2.41. The van der Waals surface area contributed by atoms with Crippen LogP contribution in [-0.2, 0) is 4.74 Å². The molecule has 2 amide bonds. The zero-order valence-corrected chi connectivity index (χ0v) is 11.1. The summed E-state index contributed by atoms with van der Waals surface area (Å²) in [4.78, 5) is 11.5. The van der Waals surface area contributed by atoms with Gasteiger partial charge in [0, 0.05) is 25.3 Å². The van der Waals surface area contributed by atoms with Gasteiger partial charge in [0.2, 0.25) is 0 Å². The number of benzene rings is 1. The van der Waals surface area contributed by atoms with Crippen LogP contribution in [0.2, 0.25) is 0 Å². The van der Waals surface area contributed by atoms with Crippen LogP contribution in [0.3, 0.4) is 0 Å². The summed E-state index contributed by atoms with van der Waals surface area (Å²) in [6.45, 7) is 1.14. The van der Waals surface area contributed by atoms with Gasteiger partial charge in [0.05, 0.1) is 12.2 Å². The van der Waals surface area contributed by atoms with Crippen LogP contribution in [0, 0.1) is 5.82 Å². The quantitative estimate of drug-likeness (QED) is 0.763. The fourth-order valence-electron chi connectivity index (χ4n) is 2.12. The van der Waals surface area contributed by atoms with Gasteiger partial charge in [0.15, 0.2) is 0 Å². The highest BCUT2D eigenvalue weighted by molar-refractivity contribution is 5.73. The number of amides is 2. The third kappa shape index (κ3) is 4.18. The number of halogens is 1. The average Bonchev–Trinajstić information content (AvgIpc) is 2.96. The Balaban J connectivity index is 1.71. The lowest BCUT2D eigenvalue weighted by Gasteiger charge is -2.15. The largest absolute Gasteiger partial charge is 0.386 e. The molecule has 1 aromatic carbocycles. The van der Waals surface area contributed by atoms with Crippen molar-refractivity contribution < 1.29 is 19.0 Å². The van der Waals surface area contributed by atoms with E-state index >= 15 is 0 Å². The molecule has 20 heavy (non-hydrogen) atoms. The van der Waals surface area contributed by atoms with Gasteiger partial charge in [-0.25, -0.2) is 9.18 Å². The normalized spacial score (nSPS) is 19.6. The first-order valence-corrected chi connectivity index (χ1v) is 6.72. The fourth-order valence-corrected chi connectivity index (χ4v) is 2.12. The molecule has 0 saturated carbocycles. The summed E-state index contributed by atoms with van der Waals surface area (Å²) in [5.41, 5.74) is 0.173. The van der Waals surface area contributed by atoms with E-state index in [-0.39, 0.29) is 18.2 Å². The maximum Gasteiger partial charge on any atom is 0.314 e. The highest BCUT2D eigenvalue weighted by Gasteiger charge is 2.17. The number of nitrogens with one attached hydrogen (secondary N) is 2. The molecule has 1 saturated heterocycles. The molecular weight excluding hydrogens is 263 g/mol. The third-order valence-electron chi connectivity index (χ3n) is 3.23. The molecule has 1 heterocycles. The van der Waals surface area contributed by atoms with E-state index in [1.807, 2.05) is 0 Å². The van der Waals surface area contributed by atoms with Gasteiger partial charge in [-0.3, -0.25) is 0 Å². The van der Waals surface area contributed by atoms with Gasteiger partial charge >= 0.3 is 6.03 Å². The number of rotatable bonds is 5. The van der Waals surface area contributed by atoms with Gasteiger partial charge in [-0.2, -0.15) is 0 Å². The molecule has 1 aliphatic heterocycles. The van der Waals surface area contributed by atoms with Gasteiger partial charge in [-0.1, -0.05) is 18.2 Å². The van der Waals surface area contributed by atoms with Crippen LogP contribution in [0.4, 0.5) is 9.18 Å². The summed E-state index contributed by atoms with van der Waals surface area (Å²) in [7, 11) is 0. The Morgan fingerprint density at radius 2 is 2.25 bits per heavy atom. The molecule has 6 heteroatoms. The van der Waals surface area contributed by atoms with E-state index in [0.29, 0.717) is 6.54 Å². The van der Waals surface area contributed by atoms with Crippen LogP contribution in [0.5, 0.6) is 0 Å². The van der Waals surface area contributed by atoms with E-state index in [4.69, 9.17) is 4.74 Å². The molecular formula is C14H19FN2O3. The molecule has 1 aliphatic rings. The number of aliphatic hydroxyl groups is 1. The van der Waals surface area contributed by atoms with Crippen LogP contribution in [0.15, 0.2) is 24.3 Å². The predicted molar refractivity (Wildman–Crippen MR) is 71.7 cm³/mol. The highest BCUT2D eigenvalue weighted by Crippen LogP contribution is 2.15. The van der Waals surface area contributed by atoms with Crippen molar-refractivity contribution >= 4 is 6.03 Å². The van der Waals surface area contributed by atoms with Gasteiger partial charge in [-0.05, 0) is 18.9 Å². The summed E-state index contributed by atoms with van der Waals surface area (Å²) in [6.07, 6.45) is 0.958. The molecule has 3 N–H and O–H groups in total. The lowest BCUT2D eigenvalue weighted by atomic mass is 10.1. The summed E-state index contributed by atoms with van der Waals surface area (Å²) < 4.78 is 18.8. The van der Waals surface area contributed by atoms with E-state index < -0.39 is 18.0 Å². The van der Waals surface area contributed by atoms with Crippen LogP contribution >= 0.6 is 0 Å². The second-order valence-electron chi connectivity index (χ2n) is 4.76. The number of carbonyl (C=O) groups excluding carboxylic acids is 1. The summed E-state index contributed by atoms with van der Waals surface area (Å²) in [5, 5.41) is 15.0. The minimum atomic E-state index is -1.07. The van der Waals surface area contributed by atoms with Crippen LogP contribution in [0.25, 0.3) is 0 Å². The van der Waals surface area contributed by atoms with Gasteiger partial charge in [-0.15, -0.1) is 0 Å². The molecule has 2 unspecified atom stereocenters. The Morgan fingerprint density at radius 1 is 1.45 bits per heavy atom. The molecule has 1 fully saturated rings. The highest BCUT2D eigenvalue weighted by atomic mass is 19.1. The molecule has 0 aliphatic carbocycles. The van der Waals surface area contributed by atoms with Crippen molar-refractivity contribution in [2.45, 2.75) is 25.0 Å². The molecule has 110 valence electrons. The van der Waals surface area contributed by atoms with Crippen molar-refractivity contribution in [3.63, 3.8) is 0 Å². The topological polar surface area (TPSA) is 70.6 Å². The fraction of sp³-hybridized carbons (Fsp3) is 0.500. The minimum Gasteiger partial charge on any atom is -0.386 e. The Hall–Kier alpha value is -1.66. The first kappa shape index (κ1) is 14.7. The van der Waals surface area contributed by atoms with E-state index in [9.17, 15) is 14.3 Å². The molecule has 1 aromatic rings. The van der Waals surface area contributed by atoms with E-state index in [1.165, 1.54) is 12.1 Å². The summed E-state index contributed by atoms with van der Waals surface area (Å²) >= 11 is 0. The number of hydrogen-bond acceptors (Lipinski definition) is 3. The third-order valence-corrected chi connectivity index (χ3v) is 3.23. The number of carbonyl (C=O) groups is 1. The maximum atomic E-state index is 13.4. The minimum absolute atomic E-state index is 0.0434. The summed E-state index contributed by atoms with van der Waals surface area (Å²) in [6, 6.07) is 5.56. The van der Waals surface area contributed by atoms with E-state index in [1.54, 1.807) is 12.1 Å². The van der Waals surface area contributed by atoms with Crippen molar-refractivity contribution in [2.75, 3.05) is 19.7 Å². The van der Waals surface area contributed by atoms with Crippen molar-refractivity contribution in [1.29, 1.82) is 0 Å². The molecule has 0 aromatic heterocycles. The van der Waals surface area contributed by atoms with Crippen LogP contribution < -0.4 is 10.6 Å². The first-order valence-electron chi connectivity index (χ1n) is 6.72. The zero-order valence-electron chi connectivity index (χ0n) is 11.1. The molecule has 5 nitrogen and oxygen atoms in total. The Labute approximate surface area is 117 Å². The number of urea groups is 1. The molecule has 0 spiro atoms. The standard InChI is InChI=1S/C14H19FN2O3/c15-12-6-2-1-5-11(12)13(18)9-17-14(19)16-8-10-4-3-7-20-10/h1-2,5-6,10,13,18H,3-4,7-9H2,(H2,16,17,19). The smallest absolute Gasteiger partial charge is 0.314 e. The number of ether oxygens (including phenoxy) is 1. The Kier molecular flexibility index (Phi) is 5.31. The molecule has 2 rings (SSSR count).